The standard InChI is InChI=1S/C13H18ClNO5S/c1-4-8(2)12(13(16)17)15-21(18,19)9-5-6-11(20-3)10(14)7-9/h5-8,12,15H,4H2,1-3H3,(H,16,17)/t8?,12-/m0/s1. The Bertz CT molecular complexity index is 617. The van der Waals surface area contributed by atoms with Gasteiger partial charge in [0.05, 0.1) is 17.0 Å². The topological polar surface area (TPSA) is 92.7 Å². The van der Waals surface area contributed by atoms with E-state index >= 15 is 0 Å². The first kappa shape index (κ1) is 17.7. The summed E-state index contributed by atoms with van der Waals surface area (Å²) in [5, 5.41) is 9.28. The first-order chi connectivity index (χ1) is 9.72. The maximum absolute atomic E-state index is 12.2. The molecule has 2 atom stereocenters. The van der Waals surface area contributed by atoms with Crippen LogP contribution in [0.25, 0.3) is 0 Å². The second kappa shape index (κ2) is 7.11. The molecule has 0 saturated carbocycles. The fourth-order valence-corrected chi connectivity index (χ4v) is 3.34. The summed E-state index contributed by atoms with van der Waals surface area (Å²) < 4.78 is 31.6. The molecule has 8 heteroatoms. The Balaban J connectivity index is 3.10. The van der Waals surface area contributed by atoms with Crippen molar-refractivity contribution in [2.45, 2.75) is 31.2 Å². The zero-order chi connectivity index (χ0) is 16.2. The Kier molecular flexibility index (Phi) is 6.00. The number of sulfonamides is 1. The monoisotopic (exact) mass is 335 g/mol. The van der Waals surface area contributed by atoms with Crippen LogP contribution in [0.15, 0.2) is 23.1 Å². The summed E-state index contributed by atoms with van der Waals surface area (Å²) in [6.07, 6.45) is 0.531. The number of nitrogens with one attached hydrogen (secondary N) is 1. The van der Waals surface area contributed by atoms with Gasteiger partial charge in [-0.1, -0.05) is 31.9 Å². The molecule has 0 aliphatic rings. The van der Waals surface area contributed by atoms with Gasteiger partial charge in [-0.2, -0.15) is 4.72 Å². The van der Waals surface area contributed by atoms with E-state index in [1.807, 2.05) is 0 Å². The number of carboxylic acids is 1. The molecule has 0 fully saturated rings. The van der Waals surface area contributed by atoms with Crippen LogP contribution in [0.4, 0.5) is 0 Å². The molecular formula is C13H18ClNO5S. The lowest BCUT2D eigenvalue weighted by Gasteiger charge is -2.20. The summed E-state index contributed by atoms with van der Waals surface area (Å²) in [5.41, 5.74) is 0. The van der Waals surface area contributed by atoms with Crippen molar-refractivity contribution in [2.24, 2.45) is 5.92 Å². The van der Waals surface area contributed by atoms with E-state index in [1.165, 1.54) is 25.3 Å². The number of carboxylic acid groups (broad SMARTS) is 1. The van der Waals surface area contributed by atoms with Crippen molar-refractivity contribution in [3.05, 3.63) is 23.2 Å². The summed E-state index contributed by atoms with van der Waals surface area (Å²) in [4.78, 5) is 11.1. The minimum absolute atomic E-state index is 0.108. The Morgan fingerprint density at radius 2 is 2.10 bits per heavy atom. The van der Waals surface area contributed by atoms with Crippen LogP contribution in [0.1, 0.15) is 20.3 Å². The predicted octanol–water partition coefficient (Wildman–Crippen LogP) is 2.13. The summed E-state index contributed by atoms with van der Waals surface area (Å²) in [5.74, 6) is -1.22. The Morgan fingerprint density at radius 3 is 2.52 bits per heavy atom. The van der Waals surface area contributed by atoms with Gasteiger partial charge in [0.1, 0.15) is 11.8 Å². The largest absolute Gasteiger partial charge is 0.495 e. The van der Waals surface area contributed by atoms with Crippen LogP contribution in [-0.2, 0) is 14.8 Å². The van der Waals surface area contributed by atoms with E-state index < -0.39 is 22.0 Å². The summed E-state index contributed by atoms with van der Waals surface area (Å²) in [7, 11) is -2.56. The third-order valence-corrected chi connectivity index (χ3v) is 4.93. The molecule has 2 N–H and O–H groups in total. The number of rotatable bonds is 7. The highest BCUT2D eigenvalue weighted by Gasteiger charge is 2.29. The molecule has 118 valence electrons. The molecular weight excluding hydrogens is 318 g/mol. The fraction of sp³-hybridized carbons (Fsp3) is 0.462. The Labute approximate surface area is 129 Å². The van der Waals surface area contributed by atoms with Gasteiger partial charge in [-0.3, -0.25) is 4.79 Å². The molecule has 0 aliphatic carbocycles. The van der Waals surface area contributed by atoms with E-state index in [-0.39, 0.29) is 15.8 Å². The molecule has 0 aromatic heterocycles. The number of hydrogen-bond acceptors (Lipinski definition) is 4. The van der Waals surface area contributed by atoms with Gasteiger partial charge in [0, 0.05) is 0 Å². The van der Waals surface area contributed by atoms with E-state index in [2.05, 4.69) is 4.72 Å². The van der Waals surface area contributed by atoms with Crippen LogP contribution in [0.3, 0.4) is 0 Å². The minimum Gasteiger partial charge on any atom is -0.495 e. The lowest BCUT2D eigenvalue weighted by Crippen LogP contribution is -2.44. The van der Waals surface area contributed by atoms with Crippen molar-refractivity contribution >= 4 is 27.6 Å². The average Bonchev–Trinajstić information content (AvgIpc) is 2.43. The van der Waals surface area contributed by atoms with Gasteiger partial charge in [0.25, 0.3) is 0 Å². The maximum atomic E-state index is 12.2. The molecule has 21 heavy (non-hydrogen) atoms. The van der Waals surface area contributed by atoms with Crippen LogP contribution in [0.2, 0.25) is 5.02 Å². The quantitative estimate of drug-likeness (QED) is 0.796. The van der Waals surface area contributed by atoms with E-state index in [1.54, 1.807) is 13.8 Å². The smallest absolute Gasteiger partial charge is 0.322 e. The summed E-state index contributed by atoms with van der Waals surface area (Å²) in [6, 6.07) is 2.75. The van der Waals surface area contributed by atoms with Crippen molar-refractivity contribution < 1.29 is 23.1 Å². The number of ether oxygens (including phenoxy) is 1. The van der Waals surface area contributed by atoms with Crippen molar-refractivity contribution in [3.63, 3.8) is 0 Å². The fourth-order valence-electron chi connectivity index (χ4n) is 1.70. The molecule has 0 saturated heterocycles. The second-order valence-electron chi connectivity index (χ2n) is 4.62. The number of methoxy groups -OCH3 is 1. The van der Waals surface area contributed by atoms with Gasteiger partial charge in [0.2, 0.25) is 10.0 Å². The number of benzene rings is 1. The Morgan fingerprint density at radius 1 is 1.48 bits per heavy atom. The van der Waals surface area contributed by atoms with Crippen LogP contribution in [-0.4, -0.2) is 32.6 Å². The first-order valence-electron chi connectivity index (χ1n) is 6.31. The van der Waals surface area contributed by atoms with Gasteiger partial charge in [0.15, 0.2) is 0 Å². The van der Waals surface area contributed by atoms with Crippen molar-refractivity contribution in [2.75, 3.05) is 7.11 Å². The molecule has 1 aromatic rings. The SMILES string of the molecule is CCC(C)[C@H](NS(=O)(=O)c1ccc(OC)c(Cl)c1)C(=O)O. The highest BCUT2D eigenvalue weighted by Crippen LogP contribution is 2.27. The zero-order valence-electron chi connectivity index (χ0n) is 12.0. The summed E-state index contributed by atoms with van der Waals surface area (Å²) in [6.45, 7) is 3.46. The Hall–Kier alpha value is -1.31. The number of halogens is 1. The van der Waals surface area contributed by atoms with Gasteiger partial charge in [-0.05, 0) is 24.1 Å². The first-order valence-corrected chi connectivity index (χ1v) is 8.17. The maximum Gasteiger partial charge on any atom is 0.322 e. The van der Waals surface area contributed by atoms with E-state index in [4.69, 9.17) is 21.4 Å². The second-order valence-corrected chi connectivity index (χ2v) is 6.74. The molecule has 1 unspecified atom stereocenters. The van der Waals surface area contributed by atoms with Crippen LogP contribution in [0, 0.1) is 5.92 Å². The third kappa shape index (κ3) is 4.33. The third-order valence-electron chi connectivity index (χ3n) is 3.19. The minimum atomic E-state index is -3.98. The highest BCUT2D eigenvalue weighted by molar-refractivity contribution is 7.89. The number of hydrogen-bond donors (Lipinski definition) is 2. The molecule has 0 radical (unpaired) electrons. The van der Waals surface area contributed by atoms with E-state index in [0.29, 0.717) is 12.2 Å². The van der Waals surface area contributed by atoms with E-state index in [0.717, 1.165) is 0 Å². The van der Waals surface area contributed by atoms with Crippen molar-refractivity contribution in [1.82, 2.24) is 4.72 Å². The molecule has 1 aromatic carbocycles. The van der Waals surface area contributed by atoms with Gasteiger partial charge < -0.3 is 9.84 Å². The molecule has 0 bridgehead atoms. The zero-order valence-corrected chi connectivity index (χ0v) is 13.5. The predicted molar refractivity (Wildman–Crippen MR) is 79.2 cm³/mol. The lowest BCUT2D eigenvalue weighted by molar-refractivity contribution is -0.140. The van der Waals surface area contributed by atoms with Crippen molar-refractivity contribution in [1.29, 1.82) is 0 Å². The van der Waals surface area contributed by atoms with Crippen molar-refractivity contribution in [3.8, 4) is 5.75 Å². The average molecular weight is 336 g/mol. The van der Waals surface area contributed by atoms with E-state index in [9.17, 15) is 13.2 Å². The molecule has 1 rings (SSSR count). The van der Waals surface area contributed by atoms with Crippen LogP contribution < -0.4 is 9.46 Å². The molecule has 0 amide bonds. The lowest BCUT2D eigenvalue weighted by atomic mass is 10.0. The van der Waals surface area contributed by atoms with Crippen LogP contribution in [0.5, 0.6) is 5.75 Å². The van der Waals surface area contributed by atoms with Crippen LogP contribution >= 0.6 is 11.6 Å². The number of aliphatic carboxylic acids is 1. The number of carbonyl (C=O) groups is 1. The molecule has 0 heterocycles. The normalized spacial score (nSPS) is 14.5. The molecule has 0 aliphatic heterocycles. The molecule has 0 spiro atoms. The summed E-state index contributed by atoms with van der Waals surface area (Å²) >= 11 is 5.89. The molecule has 6 nitrogen and oxygen atoms in total. The van der Waals surface area contributed by atoms with Gasteiger partial charge in [-0.15, -0.1) is 0 Å². The highest BCUT2D eigenvalue weighted by atomic mass is 35.5. The van der Waals surface area contributed by atoms with Gasteiger partial charge >= 0.3 is 5.97 Å². The van der Waals surface area contributed by atoms with Gasteiger partial charge in [-0.25, -0.2) is 8.42 Å².